The Morgan fingerprint density at radius 3 is 2.76 bits per heavy atom. The maximum absolute atomic E-state index is 11.5. The summed E-state index contributed by atoms with van der Waals surface area (Å²) in [6.07, 6.45) is 0.639. The van der Waals surface area contributed by atoms with Crippen molar-refractivity contribution in [2.24, 2.45) is 0 Å². The minimum absolute atomic E-state index is 0.0839. The van der Waals surface area contributed by atoms with Crippen LogP contribution in [0.1, 0.15) is 16.8 Å². The Labute approximate surface area is 97.8 Å². The SMILES string of the molecule is O=C(OC[C@@H]1OC(O)CC1O)c1ccncc1. The molecule has 1 aliphatic heterocycles. The molecule has 3 atom stereocenters. The molecule has 1 aromatic heterocycles. The number of ether oxygens (including phenoxy) is 2. The number of aliphatic hydroxyl groups excluding tert-OH is 2. The summed E-state index contributed by atoms with van der Waals surface area (Å²) in [5.41, 5.74) is 0.382. The number of hydrogen-bond acceptors (Lipinski definition) is 6. The van der Waals surface area contributed by atoms with Gasteiger partial charge < -0.3 is 19.7 Å². The number of aliphatic hydroxyl groups is 2. The zero-order valence-electron chi connectivity index (χ0n) is 9.02. The molecule has 1 saturated heterocycles. The van der Waals surface area contributed by atoms with E-state index in [4.69, 9.17) is 14.6 Å². The van der Waals surface area contributed by atoms with Gasteiger partial charge in [0.15, 0.2) is 6.29 Å². The van der Waals surface area contributed by atoms with Crippen molar-refractivity contribution >= 4 is 5.97 Å². The van der Waals surface area contributed by atoms with Crippen molar-refractivity contribution in [2.45, 2.75) is 24.9 Å². The van der Waals surface area contributed by atoms with Gasteiger partial charge in [-0.05, 0) is 12.1 Å². The molecule has 2 rings (SSSR count). The van der Waals surface area contributed by atoms with Gasteiger partial charge >= 0.3 is 5.97 Å². The lowest BCUT2D eigenvalue weighted by Crippen LogP contribution is -2.28. The van der Waals surface area contributed by atoms with E-state index in [1.165, 1.54) is 24.5 Å². The Bertz CT molecular complexity index is 383. The number of esters is 1. The Morgan fingerprint density at radius 1 is 1.47 bits per heavy atom. The first-order chi connectivity index (χ1) is 8.16. The van der Waals surface area contributed by atoms with Crippen LogP contribution in [0.5, 0.6) is 0 Å². The fourth-order valence-corrected chi connectivity index (χ4v) is 1.59. The second-order valence-corrected chi connectivity index (χ2v) is 3.77. The van der Waals surface area contributed by atoms with Gasteiger partial charge in [-0.25, -0.2) is 4.79 Å². The zero-order chi connectivity index (χ0) is 12.3. The highest BCUT2D eigenvalue weighted by Gasteiger charge is 2.33. The van der Waals surface area contributed by atoms with E-state index >= 15 is 0 Å². The van der Waals surface area contributed by atoms with Crippen LogP contribution in [0.2, 0.25) is 0 Å². The topological polar surface area (TPSA) is 88.9 Å². The fourth-order valence-electron chi connectivity index (χ4n) is 1.59. The van der Waals surface area contributed by atoms with Crippen molar-refractivity contribution in [2.75, 3.05) is 6.61 Å². The number of carbonyl (C=O) groups is 1. The van der Waals surface area contributed by atoms with E-state index in [1.807, 2.05) is 0 Å². The maximum Gasteiger partial charge on any atom is 0.338 e. The lowest BCUT2D eigenvalue weighted by Gasteiger charge is -2.13. The van der Waals surface area contributed by atoms with Crippen LogP contribution in [-0.4, -0.2) is 46.3 Å². The molecule has 0 bridgehead atoms. The fraction of sp³-hybridized carbons (Fsp3) is 0.455. The van der Waals surface area contributed by atoms with Crippen LogP contribution in [0.3, 0.4) is 0 Å². The standard InChI is InChI=1S/C11H13NO5/c13-8-5-10(14)17-9(8)6-16-11(15)7-1-3-12-4-2-7/h1-4,8-10,13-14H,5-6H2/t8?,9-,10?/m0/s1. The summed E-state index contributed by atoms with van der Waals surface area (Å²) in [4.78, 5) is 15.3. The average molecular weight is 239 g/mol. The zero-order valence-corrected chi connectivity index (χ0v) is 9.02. The summed E-state index contributed by atoms with van der Waals surface area (Å²) in [6, 6.07) is 3.06. The lowest BCUT2D eigenvalue weighted by molar-refractivity contribution is -0.109. The molecule has 6 heteroatoms. The Balaban J connectivity index is 1.85. The molecule has 1 fully saturated rings. The Morgan fingerprint density at radius 2 is 2.18 bits per heavy atom. The first kappa shape index (κ1) is 12.0. The third-order valence-electron chi connectivity index (χ3n) is 2.50. The van der Waals surface area contributed by atoms with E-state index in [-0.39, 0.29) is 13.0 Å². The second-order valence-electron chi connectivity index (χ2n) is 3.77. The summed E-state index contributed by atoms with van der Waals surface area (Å²) in [6.45, 7) is -0.0839. The molecule has 2 unspecified atom stereocenters. The average Bonchev–Trinajstić information content (AvgIpc) is 2.66. The Kier molecular flexibility index (Phi) is 3.68. The minimum atomic E-state index is -0.991. The van der Waals surface area contributed by atoms with Crippen molar-refractivity contribution in [3.8, 4) is 0 Å². The summed E-state index contributed by atoms with van der Waals surface area (Å²) < 4.78 is 9.94. The molecule has 0 amide bonds. The summed E-state index contributed by atoms with van der Waals surface area (Å²) in [7, 11) is 0. The molecule has 2 N–H and O–H groups in total. The van der Waals surface area contributed by atoms with Gasteiger partial charge in [0.1, 0.15) is 12.7 Å². The molecular formula is C11H13NO5. The molecule has 0 saturated carbocycles. The maximum atomic E-state index is 11.5. The molecule has 0 aromatic carbocycles. The van der Waals surface area contributed by atoms with Crippen LogP contribution >= 0.6 is 0 Å². The third kappa shape index (κ3) is 3.00. The number of aromatic nitrogens is 1. The highest BCUT2D eigenvalue weighted by Crippen LogP contribution is 2.19. The van der Waals surface area contributed by atoms with E-state index in [0.717, 1.165) is 0 Å². The van der Waals surface area contributed by atoms with E-state index in [1.54, 1.807) is 0 Å². The molecule has 1 aliphatic rings. The largest absolute Gasteiger partial charge is 0.459 e. The Hall–Kier alpha value is -1.50. The monoisotopic (exact) mass is 239 g/mol. The minimum Gasteiger partial charge on any atom is -0.459 e. The van der Waals surface area contributed by atoms with E-state index in [2.05, 4.69) is 4.98 Å². The van der Waals surface area contributed by atoms with E-state index < -0.39 is 24.5 Å². The van der Waals surface area contributed by atoms with Crippen LogP contribution in [0.4, 0.5) is 0 Å². The second kappa shape index (κ2) is 5.22. The summed E-state index contributed by atoms with van der Waals surface area (Å²) in [5, 5.41) is 18.6. The molecule has 2 heterocycles. The van der Waals surface area contributed by atoms with Gasteiger partial charge in [0.25, 0.3) is 0 Å². The quantitative estimate of drug-likeness (QED) is 0.704. The number of pyridine rings is 1. The van der Waals surface area contributed by atoms with Crippen LogP contribution in [0, 0.1) is 0 Å². The highest BCUT2D eigenvalue weighted by atomic mass is 16.6. The van der Waals surface area contributed by atoms with Crippen LogP contribution < -0.4 is 0 Å². The smallest absolute Gasteiger partial charge is 0.338 e. The summed E-state index contributed by atoms with van der Waals surface area (Å²) >= 11 is 0. The van der Waals surface area contributed by atoms with Gasteiger partial charge in [-0.2, -0.15) is 0 Å². The first-order valence-corrected chi connectivity index (χ1v) is 5.25. The van der Waals surface area contributed by atoms with Gasteiger partial charge in [0.05, 0.1) is 11.7 Å². The van der Waals surface area contributed by atoms with Crippen molar-refractivity contribution in [1.29, 1.82) is 0 Å². The van der Waals surface area contributed by atoms with Gasteiger partial charge in [0.2, 0.25) is 0 Å². The molecule has 1 aromatic rings. The number of nitrogens with zero attached hydrogens (tertiary/aromatic N) is 1. The van der Waals surface area contributed by atoms with Gasteiger partial charge in [-0.3, -0.25) is 4.98 Å². The van der Waals surface area contributed by atoms with Crippen LogP contribution in [0.25, 0.3) is 0 Å². The third-order valence-corrected chi connectivity index (χ3v) is 2.50. The number of rotatable bonds is 3. The lowest BCUT2D eigenvalue weighted by atomic mass is 10.2. The van der Waals surface area contributed by atoms with Crippen molar-refractivity contribution in [3.63, 3.8) is 0 Å². The van der Waals surface area contributed by atoms with Gasteiger partial charge in [-0.1, -0.05) is 0 Å². The predicted octanol–water partition coefficient (Wildman–Crippen LogP) is -0.293. The van der Waals surface area contributed by atoms with Crippen LogP contribution in [-0.2, 0) is 9.47 Å². The molecule has 0 radical (unpaired) electrons. The van der Waals surface area contributed by atoms with Crippen molar-refractivity contribution < 1.29 is 24.5 Å². The van der Waals surface area contributed by atoms with Gasteiger partial charge in [-0.15, -0.1) is 0 Å². The van der Waals surface area contributed by atoms with Crippen molar-refractivity contribution in [3.05, 3.63) is 30.1 Å². The van der Waals surface area contributed by atoms with E-state index in [0.29, 0.717) is 5.56 Å². The first-order valence-electron chi connectivity index (χ1n) is 5.25. The van der Waals surface area contributed by atoms with E-state index in [9.17, 15) is 9.90 Å². The number of hydrogen-bond donors (Lipinski definition) is 2. The van der Waals surface area contributed by atoms with Crippen molar-refractivity contribution in [1.82, 2.24) is 4.98 Å². The predicted molar refractivity (Wildman–Crippen MR) is 56.0 cm³/mol. The molecule has 6 nitrogen and oxygen atoms in total. The van der Waals surface area contributed by atoms with Gasteiger partial charge in [0, 0.05) is 18.8 Å². The normalized spacial score (nSPS) is 28.0. The molecule has 92 valence electrons. The van der Waals surface area contributed by atoms with Crippen LogP contribution in [0.15, 0.2) is 24.5 Å². The molecular weight excluding hydrogens is 226 g/mol. The summed E-state index contributed by atoms with van der Waals surface area (Å²) in [5.74, 6) is -0.510. The molecule has 0 aliphatic carbocycles. The molecule has 0 spiro atoms. The highest BCUT2D eigenvalue weighted by molar-refractivity contribution is 5.89. The number of carbonyl (C=O) groups excluding carboxylic acids is 1. The molecule has 17 heavy (non-hydrogen) atoms.